The number of aromatic nitrogens is 3. The molecular formula is C16H16N4O2S3. The van der Waals surface area contributed by atoms with Gasteiger partial charge < -0.3 is 10.3 Å². The molecule has 4 rings (SSSR count). The number of nitrogens with one attached hydrogen (secondary N) is 2. The Morgan fingerprint density at radius 1 is 1.40 bits per heavy atom. The summed E-state index contributed by atoms with van der Waals surface area (Å²) in [6.07, 6.45) is 5.93. The Balaban J connectivity index is 1.57. The van der Waals surface area contributed by atoms with Crippen molar-refractivity contribution in [3.05, 3.63) is 32.4 Å². The van der Waals surface area contributed by atoms with Gasteiger partial charge in [0.05, 0.1) is 10.6 Å². The van der Waals surface area contributed by atoms with Crippen LogP contribution in [0.4, 0.5) is 5.13 Å². The Morgan fingerprint density at radius 3 is 3.04 bits per heavy atom. The van der Waals surface area contributed by atoms with Crippen LogP contribution in [0.3, 0.4) is 0 Å². The number of hydrogen-bond donors (Lipinski definition) is 2. The lowest BCUT2D eigenvalue weighted by Gasteiger charge is -2.10. The molecule has 1 atom stereocenters. The average molecular weight is 393 g/mol. The van der Waals surface area contributed by atoms with Crippen LogP contribution in [0.2, 0.25) is 0 Å². The van der Waals surface area contributed by atoms with Crippen LogP contribution in [0.1, 0.15) is 30.2 Å². The molecule has 0 unspecified atom stereocenters. The first-order chi connectivity index (χ1) is 12.1. The number of thiophene rings is 1. The number of carbonyl (C=O) groups excluding carboxylic acids is 1. The van der Waals surface area contributed by atoms with E-state index in [1.165, 1.54) is 40.0 Å². The highest BCUT2D eigenvalue weighted by atomic mass is 32.2. The quantitative estimate of drug-likeness (QED) is 0.525. The number of nitrogens with zero attached hydrogens (tertiary/aromatic N) is 2. The van der Waals surface area contributed by atoms with Gasteiger partial charge in [-0.1, -0.05) is 11.8 Å². The zero-order chi connectivity index (χ0) is 17.4. The van der Waals surface area contributed by atoms with Crippen molar-refractivity contribution in [2.24, 2.45) is 0 Å². The zero-order valence-electron chi connectivity index (χ0n) is 13.5. The lowest BCUT2D eigenvalue weighted by molar-refractivity contribution is -0.115. The minimum atomic E-state index is -0.390. The van der Waals surface area contributed by atoms with Gasteiger partial charge >= 0.3 is 0 Å². The second-order valence-electron chi connectivity index (χ2n) is 5.85. The Morgan fingerprint density at radius 2 is 2.24 bits per heavy atom. The summed E-state index contributed by atoms with van der Waals surface area (Å²) in [5.41, 5.74) is 1.07. The molecule has 9 heteroatoms. The Bertz CT molecular complexity index is 977. The van der Waals surface area contributed by atoms with Gasteiger partial charge in [0.1, 0.15) is 4.83 Å². The number of amides is 1. The fourth-order valence-corrected chi connectivity index (χ4v) is 5.56. The van der Waals surface area contributed by atoms with Crippen LogP contribution in [0.25, 0.3) is 10.2 Å². The first-order valence-corrected chi connectivity index (χ1v) is 10.6. The van der Waals surface area contributed by atoms with Gasteiger partial charge in [0, 0.05) is 16.5 Å². The van der Waals surface area contributed by atoms with Crippen LogP contribution in [-0.2, 0) is 17.6 Å². The summed E-state index contributed by atoms with van der Waals surface area (Å²) >= 11 is 4.24. The number of anilines is 1. The van der Waals surface area contributed by atoms with Gasteiger partial charge in [-0.3, -0.25) is 9.59 Å². The number of carbonyl (C=O) groups is 1. The predicted molar refractivity (Wildman–Crippen MR) is 103 cm³/mol. The standard InChI is InChI=1S/C16H16N4O2S3/c1-8(12(21)18-15-17-6-7-23-15)24-16-19-13(22)11-9-4-2-3-5-10(9)25-14(11)20-16/h6-8H,2-5H2,1H3,(H,17,18,21)(H,19,20,22)/t8-/m1/s1. The number of rotatable bonds is 4. The molecule has 2 N–H and O–H groups in total. The third-order valence-corrected chi connectivity index (χ3v) is 6.98. The highest BCUT2D eigenvalue weighted by Crippen LogP contribution is 2.34. The number of fused-ring (bicyclic) bond motifs is 3. The van der Waals surface area contributed by atoms with Crippen LogP contribution in [0.15, 0.2) is 21.5 Å². The molecule has 0 radical (unpaired) electrons. The van der Waals surface area contributed by atoms with Crippen LogP contribution < -0.4 is 10.9 Å². The number of aryl methyl sites for hydroxylation is 2. The van der Waals surface area contributed by atoms with Crippen LogP contribution >= 0.6 is 34.4 Å². The van der Waals surface area contributed by atoms with E-state index in [1.807, 2.05) is 0 Å². The van der Waals surface area contributed by atoms with Gasteiger partial charge in [-0.05, 0) is 38.2 Å². The van der Waals surface area contributed by atoms with E-state index < -0.39 is 0 Å². The van der Waals surface area contributed by atoms with Crippen molar-refractivity contribution in [3.8, 4) is 0 Å². The summed E-state index contributed by atoms with van der Waals surface area (Å²) in [7, 11) is 0. The summed E-state index contributed by atoms with van der Waals surface area (Å²) < 4.78 is 0. The summed E-state index contributed by atoms with van der Waals surface area (Å²) in [5.74, 6) is -0.159. The van der Waals surface area contributed by atoms with E-state index in [9.17, 15) is 9.59 Å². The fourth-order valence-electron chi connectivity index (χ4n) is 2.91. The van der Waals surface area contributed by atoms with Gasteiger partial charge in [0.2, 0.25) is 5.91 Å². The van der Waals surface area contributed by atoms with E-state index in [1.54, 1.807) is 29.8 Å². The van der Waals surface area contributed by atoms with E-state index >= 15 is 0 Å². The summed E-state index contributed by atoms with van der Waals surface area (Å²) in [5, 5.41) is 5.97. The topological polar surface area (TPSA) is 87.7 Å². The van der Waals surface area contributed by atoms with E-state index in [4.69, 9.17) is 0 Å². The molecule has 0 saturated heterocycles. The second kappa shape index (κ2) is 6.89. The summed E-state index contributed by atoms with van der Waals surface area (Å²) in [6.45, 7) is 1.79. The van der Waals surface area contributed by atoms with Crippen LogP contribution in [-0.4, -0.2) is 26.1 Å². The van der Waals surface area contributed by atoms with Crippen molar-refractivity contribution in [2.75, 3.05) is 5.32 Å². The molecule has 6 nitrogen and oxygen atoms in total. The maximum Gasteiger partial charge on any atom is 0.260 e. The molecule has 3 aromatic heterocycles. The highest BCUT2D eigenvalue weighted by Gasteiger charge is 2.22. The molecule has 0 spiro atoms. The summed E-state index contributed by atoms with van der Waals surface area (Å²) in [4.78, 5) is 38.3. The lowest BCUT2D eigenvalue weighted by atomic mass is 9.97. The van der Waals surface area contributed by atoms with Gasteiger partial charge in [0.25, 0.3) is 5.56 Å². The van der Waals surface area contributed by atoms with Crippen LogP contribution in [0.5, 0.6) is 0 Å². The molecule has 1 aliphatic carbocycles. The maximum atomic E-state index is 12.5. The Kier molecular flexibility index (Phi) is 4.61. The molecule has 25 heavy (non-hydrogen) atoms. The molecule has 3 aromatic rings. The van der Waals surface area contributed by atoms with Crippen molar-refractivity contribution < 1.29 is 4.79 Å². The molecule has 0 fully saturated rings. The minimum absolute atomic E-state index is 0.0977. The highest BCUT2D eigenvalue weighted by molar-refractivity contribution is 8.00. The first kappa shape index (κ1) is 16.7. The number of thioether (sulfide) groups is 1. The molecule has 130 valence electrons. The molecule has 1 aliphatic rings. The van der Waals surface area contributed by atoms with E-state index in [2.05, 4.69) is 20.3 Å². The third kappa shape index (κ3) is 3.36. The van der Waals surface area contributed by atoms with Crippen LogP contribution in [0, 0.1) is 0 Å². The van der Waals surface area contributed by atoms with E-state index in [-0.39, 0.29) is 16.7 Å². The minimum Gasteiger partial charge on any atom is -0.301 e. The SMILES string of the molecule is C[C@@H](Sc1nc2sc3c(c2c(=O)[nH]1)CCCC3)C(=O)Nc1nccs1. The number of aromatic amines is 1. The van der Waals surface area contributed by atoms with Gasteiger partial charge in [-0.2, -0.15) is 0 Å². The van der Waals surface area contributed by atoms with E-state index in [0.717, 1.165) is 29.5 Å². The normalized spacial score (nSPS) is 15.1. The molecule has 1 amide bonds. The van der Waals surface area contributed by atoms with Gasteiger partial charge in [-0.25, -0.2) is 9.97 Å². The smallest absolute Gasteiger partial charge is 0.260 e. The molecule has 0 bridgehead atoms. The van der Waals surface area contributed by atoms with Crippen molar-refractivity contribution >= 4 is 55.7 Å². The number of H-pyrrole nitrogens is 1. The molecule has 0 aliphatic heterocycles. The largest absolute Gasteiger partial charge is 0.301 e. The summed E-state index contributed by atoms with van der Waals surface area (Å²) in [6, 6.07) is 0. The Hall–Kier alpha value is -1.71. The first-order valence-electron chi connectivity index (χ1n) is 8.03. The average Bonchev–Trinajstić information content (AvgIpc) is 3.21. The van der Waals surface area contributed by atoms with Crippen molar-refractivity contribution in [1.82, 2.24) is 15.0 Å². The van der Waals surface area contributed by atoms with Gasteiger partial charge in [0.15, 0.2) is 10.3 Å². The molecular weight excluding hydrogens is 376 g/mol. The van der Waals surface area contributed by atoms with Gasteiger partial charge in [-0.15, -0.1) is 22.7 Å². The maximum absolute atomic E-state index is 12.5. The fraction of sp³-hybridized carbons (Fsp3) is 0.375. The van der Waals surface area contributed by atoms with Crippen molar-refractivity contribution in [3.63, 3.8) is 0 Å². The lowest BCUT2D eigenvalue weighted by Crippen LogP contribution is -2.23. The Labute approximate surface area is 156 Å². The molecule has 3 heterocycles. The number of thiazole rings is 1. The predicted octanol–water partition coefficient (Wildman–Crippen LogP) is 3.44. The molecule has 0 saturated carbocycles. The van der Waals surface area contributed by atoms with E-state index in [0.29, 0.717) is 10.3 Å². The second-order valence-corrected chi connectivity index (χ2v) is 9.16. The number of hydrogen-bond acceptors (Lipinski definition) is 7. The zero-order valence-corrected chi connectivity index (χ0v) is 15.9. The van der Waals surface area contributed by atoms with Crippen molar-refractivity contribution in [2.45, 2.75) is 43.0 Å². The third-order valence-electron chi connectivity index (χ3n) is 4.12. The monoisotopic (exact) mass is 392 g/mol. The molecule has 0 aromatic carbocycles. The van der Waals surface area contributed by atoms with Crippen molar-refractivity contribution in [1.29, 1.82) is 0 Å².